The lowest BCUT2D eigenvalue weighted by molar-refractivity contribution is -0.126. The Hall–Kier alpha value is -2.44. The lowest BCUT2D eigenvalue weighted by atomic mass is 9.97. The number of carbonyl (C=O) groups is 3. The minimum absolute atomic E-state index is 0.00428. The standard InChI is InChI=1S/C16H19FN2O4/c1-9(20)18-14(10-4-2-3-5-10)15(21)19-13-8-11(16(22)23)6-7-12(13)17/h6-8,10,14H,2-5H2,1H3,(H,18,20)(H,19,21)(H,22,23). The quantitative estimate of drug-likeness (QED) is 0.774. The second-order valence-corrected chi connectivity index (χ2v) is 5.71. The Morgan fingerprint density at radius 1 is 1.26 bits per heavy atom. The molecule has 0 spiro atoms. The van der Waals surface area contributed by atoms with Gasteiger partial charge in [0.05, 0.1) is 11.3 Å². The minimum atomic E-state index is -1.21. The first-order chi connectivity index (χ1) is 10.9. The summed E-state index contributed by atoms with van der Waals surface area (Å²) in [5.41, 5.74) is -0.332. The Morgan fingerprint density at radius 2 is 1.91 bits per heavy atom. The largest absolute Gasteiger partial charge is 0.478 e. The number of carboxylic acid groups (broad SMARTS) is 1. The Labute approximate surface area is 133 Å². The van der Waals surface area contributed by atoms with Gasteiger partial charge in [0.2, 0.25) is 11.8 Å². The van der Waals surface area contributed by atoms with Gasteiger partial charge in [-0.25, -0.2) is 9.18 Å². The summed E-state index contributed by atoms with van der Waals surface area (Å²) in [6.07, 6.45) is 3.60. The van der Waals surface area contributed by atoms with Crippen molar-refractivity contribution in [3.8, 4) is 0 Å². The second kappa shape index (κ2) is 7.21. The van der Waals surface area contributed by atoms with E-state index in [2.05, 4.69) is 10.6 Å². The van der Waals surface area contributed by atoms with E-state index in [1.165, 1.54) is 6.92 Å². The lowest BCUT2D eigenvalue weighted by Crippen LogP contribution is -2.47. The summed E-state index contributed by atoms with van der Waals surface area (Å²) in [5.74, 6) is -2.80. The summed E-state index contributed by atoms with van der Waals surface area (Å²) in [6, 6.07) is 2.43. The Bertz CT molecular complexity index is 627. The minimum Gasteiger partial charge on any atom is -0.478 e. The van der Waals surface area contributed by atoms with E-state index in [4.69, 9.17) is 5.11 Å². The number of hydrogen-bond donors (Lipinski definition) is 3. The smallest absolute Gasteiger partial charge is 0.335 e. The first-order valence-corrected chi connectivity index (χ1v) is 7.49. The molecule has 1 aromatic rings. The SMILES string of the molecule is CC(=O)NC(C(=O)Nc1cc(C(=O)O)ccc1F)C1CCCC1. The molecule has 0 aromatic heterocycles. The van der Waals surface area contributed by atoms with Crippen LogP contribution in [0.25, 0.3) is 0 Å². The van der Waals surface area contributed by atoms with Crippen LogP contribution in [0.3, 0.4) is 0 Å². The van der Waals surface area contributed by atoms with Gasteiger partial charge in [-0.05, 0) is 37.0 Å². The van der Waals surface area contributed by atoms with Crippen LogP contribution < -0.4 is 10.6 Å². The van der Waals surface area contributed by atoms with Crippen LogP contribution in [0.15, 0.2) is 18.2 Å². The van der Waals surface area contributed by atoms with Gasteiger partial charge >= 0.3 is 5.97 Å². The molecule has 2 amide bonds. The van der Waals surface area contributed by atoms with Crippen LogP contribution in [-0.4, -0.2) is 28.9 Å². The van der Waals surface area contributed by atoms with Gasteiger partial charge in [-0.1, -0.05) is 12.8 Å². The highest BCUT2D eigenvalue weighted by atomic mass is 19.1. The van der Waals surface area contributed by atoms with Crippen molar-refractivity contribution in [1.82, 2.24) is 5.32 Å². The van der Waals surface area contributed by atoms with Crippen molar-refractivity contribution in [3.63, 3.8) is 0 Å². The van der Waals surface area contributed by atoms with Crippen molar-refractivity contribution in [2.45, 2.75) is 38.6 Å². The van der Waals surface area contributed by atoms with Gasteiger partial charge in [0.25, 0.3) is 0 Å². The number of rotatable bonds is 5. The molecular formula is C16H19FN2O4. The molecule has 0 aliphatic heterocycles. The number of halogens is 1. The highest BCUT2D eigenvalue weighted by Crippen LogP contribution is 2.28. The molecule has 6 nitrogen and oxygen atoms in total. The van der Waals surface area contributed by atoms with E-state index in [1.807, 2.05) is 0 Å². The Balaban J connectivity index is 2.18. The molecule has 0 radical (unpaired) electrons. The molecule has 1 aliphatic carbocycles. The van der Waals surface area contributed by atoms with Crippen LogP contribution in [0.4, 0.5) is 10.1 Å². The van der Waals surface area contributed by atoms with Gasteiger partial charge in [0, 0.05) is 6.92 Å². The zero-order chi connectivity index (χ0) is 17.0. The summed E-state index contributed by atoms with van der Waals surface area (Å²) in [5, 5.41) is 13.9. The number of aromatic carboxylic acids is 1. The number of anilines is 1. The summed E-state index contributed by atoms with van der Waals surface area (Å²) in [7, 11) is 0. The molecule has 1 aliphatic rings. The molecule has 0 heterocycles. The second-order valence-electron chi connectivity index (χ2n) is 5.71. The molecule has 1 unspecified atom stereocenters. The molecule has 0 bridgehead atoms. The van der Waals surface area contributed by atoms with Gasteiger partial charge < -0.3 is 15.7 Å². The molecule has 0 saturated heterocycles. The molecule has 7 heteroatoms. The zero-order valence-electron chi connectivity index (χ0n) is 12.8. The van der Waals surface area contributed by atoms with Gasteiger partial charge in [-0.15, -0.1) is 0 Å². The fourth-order valence-electron chi connectivity index (χ4n) is 2.87. The first kappa shape index (κ1) is 16.9. The number of hydrogen-bond acceptors (Lipinski definition) is 3. The van der Waals surface area contributed by atoms with Gasteiger partial charge in [0.1, 0.15) is 11.9 Å². The van der Waals surface area contributed by atoms with Gasteiger partial charge in [0.15, 0.2) is 0 Å². The molecular weight excluding hydrogens is 303 g/mol. The molecule has 1 aromatic carbocycles. The number of carbonyl (C=O) groups excluding carboxylic acids is 2. The predicted octanol–water partition coefficient (Wildman–Crippen LogP) is 2.16. The third-order valence-electron chi connectivity index (χ3n) is 3.98. The Morgan fingerprint density at radius 3 is 2.48 bits per heavy atom. The number of nitrogens with one attached hydrogen (secondary N) is 2. The maximum Gasteiger partial charge on any atom is 0.335 e. The zero-order valence-corrected chi connectivity index (χ0v) is 12.8. The third kappa shape index (κ3) is 4.28. The third-order valence-corrected chi connectivity index (χ3v) is 3.98. The fourth-order valence-corrected chi connectivity index (χ4v) is 2.87. The fraction of sp³-hybridized carbons (Fsp3) is 0.438. The number of benzene rings is 1. The van der Waals surface area contributed by atoms with E-state index in [0.717, 1.165) is 43.9 Å². The average molecular weight is 322 g/mol. The molecule has 1 atom stereocenters. The van der Waals surface area contributed by atoms with Crippen LogP contribution in [0, 0.1) is 11.7 Å². The van der Waals surface area contributed by atoms with Crippen LogP contribution in [0.2, 0.25) is 0 Å². The van der Waals surface area contributed by atoms with Crippen molar-refractivity contribution in [2.24, 2.45) is 5.92 Å². The van der Waals surface area contributed by atoms with Crippen molar-refractivity contribution in [3.05, 3.63) is 29.6 Å². The summed E-state index contributed by atoms with van der Waals surface area (Å²) >= 11 is 0. The van der Waals surface area contributed by atoms with Crippen molar-refractivity contribution in [1.29, 1.82) is 0 Å². The highest BCUT2D eigenvalue weighted by molar-refractivity contribution is 5.98. The van der Waals surface area contributed by atoms with Crippen molar-refractivity contribution >= 4 is 23.5 Å². The predicted molar refractivity (Wildman–Crippen MR) is 81.6 cm³/mol. The molecule has 124 valence electrons. The Kier molecular flexibility index (Phi) is 5.31. The summed E-state index contributed by atoms with van der Waals surface area (Å²) in [4.78, 5) is 34.7. The van der Waals surface area contributed by atoms with Crippen LogP contribution in [0.5, 0.6) is 0 Å². The molecule has 2 rings (SSSR count). The molecule has 3 N–H and O–H groups in total. The molecule has 1 fully saturated rings. The van der Waals surface area contributed by atoms with E-state index in [-0.39, 0.29) is 23.1 Å². The monoisotopic (exact) mass is 322 g/mol. The number of amides is 2. The van der Waals surface area contributed by atoms with E-state index >= 15 is 0 Å². The topological polar surface area (TPSA) is 95.5 Å². The van der Waals surface area contributed by atoms with Crippen molar-refractivity contribution < 1.29 is 23.9 Å². The lowest BCUT2D eigenvalue weighted by Gasteiger charge is -2.23. The van der Waals surface area contributed by atoms with Crippen LogP contribution in [0.1, 0.15) is 43.0 Å². The summed E-state index contributed by atoms with van der Waals surface area (Å²) < 4.78 is 13.8. The van der Waals surface area contributed by atoms with E-state index in [1.54, 1.807) is 0 Å². The van der Waals surface area contributed by atoms with Crippen LogP contribution >= 0.6 is 0 Å². The van der Waals surface area contributed by atoms with E-state index in [0.29, 0.717) is 0 Å². The highest BCUT2D eigenvalue weighted by Gasteiger charge is 2.31. The maximum absolute atomic E-state index is 13.8. The van der Waals surface area contributed by atoms with Crippen LogP contribution in [-0.2, 0) is 9.59 Å². The van der Waals surface area contributed by atoms with E-state index < -0.39 is 23.7 Å². The van der Waals surface area contributed by atoms with Gasteiger partial charge in [-0.3, -0.25) is 9.59 Å². The number of carboxylic acids is 1. The maximum atomic E-state index is 13.8. The average Bonchev–Trinajstić information content (AvgIpc) is 3.00. The van der Waals surface area contributed by atoms with Crippen molar-refractivity contribution in [2.75, 3.05) is 5.32 Å². The summed E-state index contributed by atoms with van der Waals surface area (Å²) in [6.45, 7) is 1.32. The van der Waals surface area contributed by atoms with E-state index in [9.17, 15) is 18.8 Å². The molecule has 23 heavy (non-hydrogen) atoms. The van der Waals surface area contributed by atoms with Gasteiger partial charge in [-0.2, -0.15) is 0 Å². The molecule has 1 saturated carbocycles. The normalized spacial score (nSPS) is 15.9. The first-order valence-electron chi connectivity index (χ1n) is 7.49.